The maximum absolute atomic E-state index is 13.1. The zero-order valence-electron chi connectivity index (χ0n) is 20.6. The van der Waals surface area contributed by atoms with Crippen molar-refractivity contribution in [2.45, 2.75) is 30.3 Å². The van der Waals surface area contributed by atoms with Crippen molar-refractivity contribution in [2.75, 3.05) is 27.3 Å². The van der Waals surface area contributed by atoms with Gasteiger partial charge in [-0.05, 0) is 31.0 Å². The van der Waals surface area contributed by atoms with Gasteiger partial charge in [-0.3, -0.25) is 9.59 Å². The first-order valence-corrected chi connectivity index (χ1v) is 13.3. The van der Waals surface area contributed by atoms with Crippen LogP contribution in [0.15, 0.2) is 52.9 Å². The first-order valence-electron chi connectivity index (χ1n) is 11.6. The third-order valence-electron chi connectivity index (χ3n) is 5.55. The van der Waals surface area contributed by atoms with Gasteiger partial charge >= 0.3 is 6.09 Å². The van der Waals surface area contributed by atoms with E-state index in [2.05, 4.69) is 20.4 Å². The number of sulfone groups is 1. The number of nitrogens with one attached hydrogen (secondary N) is 2. The predicted molar refractivity (Wildman–Crippen MR) is 135 cm³/mol. The lowest BCUT2D eigenvalue weighted by molar-refractivity contribution is -0.120. The van der Waals surface area contributed by atoms with Gasteiger partial charge in [-0.1, -0.05) is 30.3 Å². The predicted octanol–water partition coefficient (Wildman–Crippen LogP) is 2.65. The number of fused-ring (bicyclic) bond motifs is 1. The molecule has 37 heavy (non-hydrogen) atoms. The van der Waals surface area contributed by atoms with E-state index in [0.717, 1.165) is 7.11 Å². The molecule has 198 valence electrons. The molecule has 1 heterocycles. The van der Waals surface area contributed by atoms with Crippen LogP contribution in [0.4, 0.5) is 4.79 Å². The molecule has 0 aliphatic rings. The summed E-state index contributed by atoms with van der Waals surface area (Å²) >= 11 is 0. The van der Waals surface area contributed by atoms with E-state index in [1.165, 1.54) is 7.11 Å². The molecule has 0 saturated heterocycles. The van der Waals surface area contributed by atoms with Crippen LogP contribution in [0.2, 0.25) is 0 Å². The van der Waals surface area contributed by atoms with Crippen molar-refractivity contribution in [3.63, 3.8) is 0 Å². The van der Waals surface area contributed by atoms with Gasteiger partial charge in [0.1, 0.15) is 11.3 Å². The number of hydrogen-bond donors (Lipinski definition) is 2. The van der Waals surface area contributed by atoms with E-state index in [-0.39, 0.29) is 24.6 Å². The standard InChI is InChI=1S/C25H29N3O8S/c1-34-20-12-5-3-9-17(20)16-37(32,33)22(15-27-25(31)35-2)23(30)26-14-8-7-11-19(29)24-28-18-10-4-6-13-21(18)36-24/h3-6,9-10,12-13,22H,7-8,11,14-16H2,1-2H3,(H,26,30)(H,27,31). The van der Waals surface area contributed by atoms with Crippen LogP contribution >= 0.6 is 0 Å². The number of aromatic nitrogens is 1. The zero-order chi connectivity index (χ0) is 26.8. The molecule has 11 nitrogen and oxygen atoms in total. The van der Waals surface area contributed by atoms with Crippen molar-refractivity contribution < 1.29 is 36.7 Å². The Morgan fingerprint density at radius 3 is 2.46 bits per heavy atom. The van der Waals surface area contributed by atoms with Crippen LogP contribution in [-0.4, -0.2) is 63.7 Å². The summed E-state index contributed by atoms with van der Waals surface area (Å²) in [5.74, 6) is -1.09. The minimum atomic E-state index is -4.05. The minimum Gasteiger partial charge on any atom is -0.496 e. The highest BCUT2D eigenvalue weighted by Gasteiger charge is 2.33. The second kappa shape index (κ2) is 12.9. The topological polar surface area (TPSA) is 154 Å². The molecule has 0 aliphatic heterocycles. The number of hydrogen-bond acceptors (Lipinski definition) is 9. The van der Waals surface area contributed by atoms with Gasteiger partial charge in [-0.15, -0.1) is 0 Å². The molecule has 0 spiro atoms. The first kappa shape index (κ1) is 27.7. The third kappa shape index (κ3) is 7.53. The lowest BCUT2D eigenvalue weighted by Gasteiger charge is -2.18. The highest BCUT2D eigenvalue weighted by molar-refractivity contribution is 7.92. The number of nitrogens with zero attached hydrogens (tertiary/aromatic N) is 1. The maximum atomic E-state index is 13.1. The average molecular weight is 532 g/mol. The Hall–Kier alpha value is -3.93. The third-order valence-corrected chi connectivity index (χ3v) is 7.52. The second-order valence-electron chi connectivity index (χ2n) is 8.14. The number of carbonyl (C=O) groups excluding carboxylic acids is 3. The number of para-hydroxylation sites is 3. The van der Waals surface area contributed by atoms with Crippen LogP contribution in [-0.2, 0) is 25.1 Å². The summed E-state index contributed by atoms with van der Waals surface area (Å²) < 4.78 is 41.5. The molecule has 0 saturated carbocycles. The van der Waals surface area contributed by atoms with Crippen LogP contribution < -0.4 is 15.4 Å². The van der Waals surface area contributed by atoms with Gasteiger partial charge in [0.05, 0.1) is 20.0 Å². The molecule has 12 heteroatoms. The number of ketones is 1. The van der Waals surface area contributed by atoms with Gasteiger partial charge in [0.25, 0.3) is 5.89 Å². The summed E-state index contributed by atoms with van der Waals surface area (Å²) in [5, 5.41) is 3.32. The van der Waals surface area contributed by atoms with E-state index in [9.17, 15) is 22.8 Å². The summed E-state index contributed by atoms with van der Waals surface area (Å²) in [6.45, 7) is -0.329. The zero-order valence-corrected chi connectivity index (χ0v) is 21.4. The summed E-state index contributed by atoms with van der Waals surface area (Å²) in [6.07, 6.45) is 0.142. The first-order chi connectivity index (χ1) is 17.7. The number of amides is 2. The molecule has 0 radical (unpaired) electrons. The number of oxazole rings is 1. The molecule has 3 rings (SSSR count). The Bertz CT molecular complexity index is 1320. The van der Waals surface area contributed by atoms with E-state index >= 15 is 0 Å². The van der Waals surface area contributed by atoms with Crippen molar-refractivity contribution >= 4 is 38.7 Å². The number of alkyl carbamates (subject to hydrolysis) is 1. The van der Waals surface area contributed by atoms with Crippen LogP contribution in [0, 0.1) is 0 Å². The summed E-state index contributed by atoms with van der Waals surface area (Å²) in [4.78, 5) is 40.9. The second-order valence-corrected chi connectivity index (χ2v) is 10.3. The molecule has 1 aromatic heterocycles. The van der Waals surface area contributed by atoms with Crippen molar-refractivity contribution in [3.05, 3.63) is 60.0 Å². The van der Waals surface area contributed by atoms with Gasteiger partial charge < -0.3 is 24.5 Å². The number of ether oxygens (including phenoxy) is 2. The van der Waals surface area contributed by atoms with Crippen molar-refractivity contribution in [1.82, 2.24) is 15.6 Å². The Morgan fingerprint density at radius 1 is 1.00 bits per heavy atom. The molecule has 0 fully saturated rings. The number of unbranched alkanes of at least 4 members (excludes halogenated alkanes) is 1. The van der Waals surface area contributed by atoms with Gasteiger partial charge in [0, 0.05) is 25.1 Å². The molecule has 0 bridgehead atoms. The number of Topliss-reactive ketones (excluding diaryl/α,β-unsaturated/α-hetero) is 1. The van der Waals surface area contributed by atoms with Crippen LogP contribution in [0.1, 0.15) is 35.5 Å². The molecule has 1 unspecified atom stereocenters. The Labute approximate surface area is 214 Å². The van der Waals surface area contributed by atoms with Crippen LogP contribution in [0.5, 0.6) is 5.75 Å². The van der Waals surface area contributed by atoms with Crippen LogP contribution in [0.3, 0.4) is 0 Å². The Morgan fingerprint density at radius 2 is 1.73 bits per heavy atom. The highest BCUT2D eigenvalue weighted by atomic mass is 32.2. The number of methoxy groups -OCH3 is 2. The smallest absolute Gasteiger partial charge is 0.406 e. The summed E-state index contributed by atoms with van der Waals surface area (Å²) in [7, 11) is -1.50. The minimum absolute atomic E-state index is 0.0293. The van der Waals surface area contributed by atoms with Gasteiger partial charge in [0.15, 0.2) is 20.7 Å². The maximum Gasteiger partial charge on any atom is 0.406 e. The number of rotatable bonds is 13. The van der Waals surface area contributed by atoms with Gasteiger partial charge in [-0.25, -0.2) is 18.2 Å². The fourth-order valence-corrected chi connectivity index (χ4v) is 5.22. The lowest BCUT2D eigenvalue weighted by atomic mass is 10.2. The van der Waals surface area contributed by atoms with Crippen molar-refractivity contribution in [3.8, 4) is 5.75 Å². The molecular formula is C25H29N3O8S. The van der Waals surface area contributed by atoms with E-state index in [0.29, 0.717) is 35.3 Å². The van der Waals surface area contributed by atoms with E-state index in [4.69, 9.17) is 9.15 Å². The van der Waals surface area contributed by atoms with E-state index < -0.39 is 39.4 Å². The SMILES string of the molecule is COC(=O)NCC(C(=O)NCCCCC(=O)c1nc2ccccc2o1)S(=O)(=O)Cc1ccccc1OC. The largest absolute Gasteiger partial charge is 0.496 e. The molecule has 2 amide bonds. The van der Waals surface area contributed by atoms with Gasteiger partial charge in [-0.2, -0.15) is 0 Å². The molecule has 0 aliphatic carbocycles. The van der Waals surface area contributed by atoms with E-state index in [1.54, 1.807) is 48.5 Å². The molecular weight excluding hydrogens is 502 g/mol. The number of benzene rings is 2. The highest BCUT2D eigenvalue weighted by Crippen LogP contribution is 2.22. The monoisotopic (exact) mass is 531 g/mol. The molecule has 2 aromatic carbocycles. The Kier molecular flexibility index (Phi) is 9.61. The summed E-state index contributed by atoms with van der Waals surface area (Å²) in [6, 6.07) is 13.6. The fraction of sp³-hybridized carbons (Fsp3) is 0.360. The van der Waals surface area contributed by atoms with Crippen molar-refractivity contribution in [1.29, 1.82) is 0 Å². The van der Waals surface area contributed by atoms with Crippen LogP contribution in [0.25, 0.3) is 11.1 Å². The quantitative estimate of drug-likeness (QED) is 0.250. The number of carbonyl (C=O) groups is 3. The molecule has 2 N–H and O–H groups in total. The van der Waals surface area contributed by atoms with Gasteiger partial charge in [0.2, 0.25) is 11.7 Å². The summed E-state index contributed by atoms with van der Waals surface area (Å²) in [5.41, 5.74) is 1.51. The molecule has 1 atom stereocenters. The lowest BCUT2D eigenvalue weighted by Crippen LogP contribution is -2.47. The molecule has 3 aromatic rings. The van der Waals surface area contributed by atoms with Crippen molar-refractivity contribution in [2.24, 2.45) is 0 Å². The Balaban J connectivity index is 1.56. The normalized spacial score (nSPS) is 12.1. The fourth-order valence-electron chi connectivity index (χ4n) is 3.60. The average Bonchev–Trinajstić information content (AvgIpc) is 3.33. The van der Waals surface area contributed by atoms with E-state index in [1.807, 2.05) is 0 Å².